The van der Waals surface area contributed by atoms with Gasteiger partial charge < -0.3 is 0 Å². The Morgan fingerprint density at radius 1 is 1.21 bits per heavy atom. The predicted molar refractivity (Wildman–Crippen MR) is 73.8 cm³/mol. The average molecular weight is 256 g/mol. The zero-order valence-electron chi connectivity index (χ0n) is 11.3. The van der Waals surface area contributed by atoms with Crippen molar-refractivity contribution in [3.8, 4) is 0 Å². The highest BCUT2D eigenvalue weighted by molar-refractivity contribution is 5.26. The monoisotopic (exact) mass is 256 g/mol. The lowest BCUT2D eigenvalue weighted by atomic mass is 9.82. The van der Waals surface area contributed by atoms with Gasteiger partial charge in [-0.15, -0.1) is 10.2 Å². The third kappa shape index (κ3) is 2.83. The van der Waals surface area contributed by atoms with Gasteiger partial charge in [0, 0.05) is 6.42 Å². The Bertz CT molecular complexity index is 497. The Labute approximate surface area is 113 Å². The van der Waals surface area contributed by atoms with E-state index in [2.05, 4.69) is 51.8 Å². The van der Waals surface area contributed by atoms with Gasteiger partial charge in [0.25, 0.3) is 0 Å². The highest BCUT2D eigenvalue weighted by Crippen LogP contribution is 2.38. The third-order valence-corrected chi connectivity index (χ3v) is 4.27. The molecule has 1 saturated carbocycles. The summed E-state index contributed by atoms with van der Waals surface area (Å²) in [6, 6.07) is 8.93. The van der Waals surface area contributed by atoms with Crippen molar-refractivity contribution in [1.82, 2.24) is 20.6 Å². The van der Waals surface area contributed by atoms with E-state index in [0.29, 0.717) is 5.92 Å². The van der Waals surface area contributed by atoms with E-state index in [1.165, 1.54) is 36.8 Å². The molecule has 1 atom stereocenters. The van der Waals surface area contributed by atoms with Crippen molar-refractivity contribution < 1.29 is 0 Å². The molecule has 0 saturated heterocycles. The quantitative estimate of drug-likeness (QED) is 0.914. The number of tetrazole rings is 1. The van der Waals surface area contributed by atoms with Crippen LogP contribution < -0.4 is 0 Å². The summed E-state index contributed by atoms with van der Waals surface area (Å²) in [5.41, 5.74) is 2.73. The Morgan fingerprint density at radius 3 is 2.58 bits per heavy atom. The Hall–Kier alpha value is -1.71. The maximum Gasteiger partial charge on any atom is 0.175 e. The van der Waals surface area contributed by atoms with Gasteiger partial charge >= 0.3 is 0 Å². The second-order valence-electron chi connectivity index (χ2n) is 5.59. The molecule has 0 bridgehead atoms. The summed E-state index contributed by atoms with van der Waals surface area (Å²) in [7, 11) is 0. The summed E-state index contributed by atoms with van der Waals surface area (Å²) in [5.74, 6) is 2.12. The van der Waals surface area contributed by atoms with Gasteiger partial charge in [0.2, 0.25) is 0 Å². The second-order valence-corrected chi connectivity index (χ2v) is 5.59. The third-order valence-electron chi connectivity index (χ3n) is 4.27. The molecular formula is C15H20N4. The fraction of sp³-hybridized carbons (Fsp3) is 0.533. The summed E-state index contributed by atoms with van der Waals surface area (Å²) < 4.78 is 0. The van der Waals surface area contributed by atoms with Gasteiger partial charge in [0.15, 0.2) is 5.82 Å². The number of aromatic nitrogens is 4. The standard InChI is InChI=1S/C15H20N4/c1-11-6-8-13(9-7-11)14(12-4-2-3-5-12)10-15-16-18-19-17-15/h6-9,12,14H,2-5,10H2,1H3,(H,16,17,18,19). The number of nitrogens with zero attached hydrogens (tertiary/aromatic N) is 3. The number of nitrogens with one attached hydrogen (secondary N) is 1. The molecule has 0 aliphatic heterocycles. The Kier molecular flexibility index (Phi) is 3.58. The summed E-state index contributed by atoms with van der Waals surface area (Å²) in [6.45, 7) is 2.13. The molecule has 0 spiro atoms. The summed E-state index contributed by atoms with van der Waals surface area (Å²) in [5, 5.41) is 14.5. The molecule has 1 N–H and O–H groups in total. The van der Waals surface area contributed by atoms with Crippen LogP contribution in [0.2, 0.25) is 0 Å². The van der Waals surface area contributed by atoms with Gasteiger partial charge in [-0.1, -0.05) is 47.9 Å². The number of hydrogen-bond donors (Lipinski definition) is 1. The fourth-order valence-corrected chi connectivity index (χ4v) is 3.20. The first-order chi connectivity index (χ1) is 9.33. The van der Waals surface area contributed by atoms with Crippen molar-refractivity contribution in [2.24, 2.45) is 5.92 Å². The molecule has 1 aromatic carbocycles. The predicted octanol–water partition coefficient (Wildman–Crippen LogP) is 3.02. The highest BCUT2D eigenvalue weighted by atomic mass is 15.5. The minimum Gasteiger partial charge on any atom is -0.177 e. The van der Waals surface area contributed by atoms with Gasteiger partial charge in [-0.3, -0.25) is 0 Å². The Balaban J connectivity index is 1.84. The highest BCUT2D eigenvalue weighted by Gasteiger charge is 2.27. The molecule has 1 heterocycles. The number of aryl methyl sites for hydroxylation is 1. The van der Waals surface area contributed by atoms with E-state index in [9.17, 15) is 0 Å². The number of aromatic amines is 1. The lowest BCUT2D eigenvalue weighted by Crippen LogP contribution is -2.14. The minimum absolute atomic E-state index is 0.528. The van der Waals surface area contributed by atoms with E-state index in [-0.39, 0.29) is 0 Å². The van der Waals surface area contributed by atoms with Gasteiger partial charge in [-0.2, -0.15) is 5.21 Å². The maximum absolute atomic E-state index is 4.12. The summed E-state index contributed by atoms with van der Waals surface area (Å²) in [4.78, 5) is 0. The van der Waals surface area contributed by atoms with E-state index in [1.54, 1.807) is 0 Å². The molecule has 1 aliphatic carbocycles. The van der Waals surface area contributed by atoms with Crippen LogP contribution in [0.5, 0.6) is 0 Å². The van der Waals surface area contributed by atoms with Crippen LogP contribution in [0.3, 0.4) is 0 Å². The van der Waals surface area contributed by atoms with E-state index in [4.69, 9.17) is 0 Å². The van der Waals surface area contributed by atoms with Crippen molar-refractivity contribution in [2.45, 2.75) is 44.9 Å². The molecule has 19 heavy (non-hydrogen) atoms. The second kappa shape index (κ2) is 5.51. The zero-order chi connectivity index (χ0) is 13.1. The number of rotatable bonds is 4. The lowest BCUT2D eigenvalue weighted by molar-refractivity contribution is 0.425. The largest absolute Gasteiger partial charge is 0.177 e. The SMILES string of the molecule is Cc1ccc(C(Cc2nn[nH]n2)C2CCCC2)cc1. The van der Waals surface area contributed by atoms with Gasteiger partial charge in [0.1, 0.15) is 0 Å². The van der Waals surface area contributed by atoms with Gasteiger partial charge in [-0.25, -0.2) is 0 Å². The molecule has 4 heteroatoms. The minimum atomic E-state index is 0.528. The molecule has 100 valence electrons. The fourth-order valence-electron chi connectivity index (χ4n) is 3.20. The van der Waals surface area contributed by atoms with Crippen LogP contribution >= 0.6 is 0 Å². The first kappa shape index (κ1) is 12.3. The molecule has 4 nitrogen and oxygen atoms in total. The van der Waals surface area contributed by atoms with E-state index in [0.717, 1.165) is 18.2 Å². The molecule has 1 fully saturated rings. The number of H-pyrrole nitrogens is 1. The van der Waals surface area contributed by atoms with Crippen molar-refractivity contribution in [2.75, 3.05) is 0 Å². The van der Waals surface area contributed by atoms with Crippen LogP contribution in [0.25, 0.3) is 0 Å². The van der Waals surface area contributed by atoms with Crippen LogP contribution in [0.1, 0.15) is 48.6 Å². The van der Waals surface area contributed by atoms with Crippen molar-refractivity contribution in [3.63, 3.8) is 0 Å². The van der Waals surface area contributed by atoms with E-state index >= 15 is 0 Å². The molecule has 0 radical (unpaired) electrons. The summed E-state index contributed by atoms with van der Waals surface area (Å²) in [6.07, 6.45) is 6.27. The van der Waals surface area contributed by atoms with Crippen molar-refractivity contribution in [3.05, 3.63) is 41.2 Å². The van der Waals surface area contributed by atoms with E-state index < -0.39 is 0 Å². The van der Waals surface area contributed by atoms with Crippen molar-refractivity contribution >= 4 is 0 Å². The normalized spacial score (nSPS) is 17.7. The molecule has 0 amide bonds. The van der Waals surface area contributed by atoms with Crippen LogP contribution in [0.15, 0.2) is 24.3 Å². The topological polar surface area (TPSA) is 54.5 Å². The van der Waals surface area contributed by atoms with Crippen LogP contribution in [0.4, 0.5) is 0 Å². The average Bonchev–Trinajstić information content (AvgIpc) is 3.11. The molecule has 2 aromatic rings. The van der Waals surface area contributed by atoms with Crippen LogP contribution in [0, 0.1) is 12.8 Å². The first-order valence-electron chi connectivity index (χ1n) is 7.12. The van der Waals surface area contributed by atoms with Crippen molar-refractivity contribution in [1.29, 1.82) is 0 Å². The van der Waals surface area contributed by atoms with Crippen LogP contribution in [-0.4, -0.2) is 20.6 Å². The number of hydrogen-bond acceptors (Lipinski definition) is 3. The first-order valence-corrected chi connectivity index (χ1v) is 7.12. The smallest absolute Gasteiger partial charge is 0.175 e. The zero-order valence-corrected chi connectivity index (χ0v) is 11.3. The van der Waals surface area contributed by atoms with Gasteiger partial charge in [-0.05, 0) is 37.2 Å². The molecule has 1 aliphatic rings. The molecule has 1 unspecified atom stereocenters. The maximum atomic E-state index is 4.12. The van der Waals surface area contributed by atoms with Crippen LogP contribution in [-0.2, 0) is 6.42 Å². The molecule has 1 aromatic heterocycles. The molecule has 3 rings (SSSR count). The lowest BCUT2D eigenvalue weighted by Gasteiger charge is -2.22. The summed E-state index contributed by atoms with van der Waals surface area (Å²) >= 11 is 0. The molecular weight excluding hydrogens is 236 g/mol. The van der Waals surface area contributed by atoms with E-state index in [1.807, 2.05) is 0 Å². The van der Waals surface area contributed by atoms with Gasteiger partial charge in [0.05, 0.1) is 0 Å². The Morgan fingerprint density at radius 2 is 1.95 bits per heavy atom. The number of benzene rings is 1.